The van der Waals surface area contributed by atoms with Crippen LogP contribution in [0.4, 0.5) is 0 Å². The quantitative estimate of drug-likeness (QED) is 0.348. The molecule has 0 atom stereocenters. The molecule has 0 unspecified atom stereocenters. The summed E-state index contributed by atoms with van der Waals surface area (Å²) in [6.07, 6.45) is 8.17. The van der Waals surface area contributed by atoms with Crippen LogP contribution in [0.5, 0.6) is 0 Å². The minimum atomic E-state index is 0. The van der Waals surface area contributed by atoms with E-state index in [4.69, 9.17) is 0 Å². The summed E-state index contributed by atoms with van der Waals surface area (Å²) in [7, 11) is 2.16. The lowest BCUT2D eigenvalue weighted by Crippen LogP contribution is -2.45. The first-order valence-electron chi connectivity index (χ1n) is 11.6. The van der Waals surface area contributed by atoms with Crippen LogP contribution in [0.3, 0.4) is 0 Å². The summed E-state index contributed by atoms with van der Waals surface area (Å²) in [5, 5.41) is 0. The molecule has 0 saturated carbocycles. The first-order chi connectivity index (χ1) is 12.5. The highest BCUT2D eigenvalue weighted by Crippen LogP contribution is 2.19. The normalized spacial score (nSPS) is 16.0. The highest BCUT2D eigenvalue weighted by molar-refractivity contribution is 4.77. The van der Waals surface area contributed by atoms with Crippen molar-refractivity contribution >= 4 is 0 Å². The summed E-state index contributed by atoms with van der Waals surface area (Å²) in [4.78, 5) is 7.37. The number of hydrogen-bond donors (Lipinski definition) is 0. The second-order valence-electron chi connectivity index (χ2n) is 8.47. The van der Waals surface area contributed by atoms with Crippen molar-refractivity contribution in [2.75, 3.05) is 59.4 Å². The summed E-state index contributed by atoms with van der Waals surface area (Å²) in [6, 6.07) is 0. The van der Waals surface area contributed by atoms with Crippen LogP contribution in [0.1, 0.15) is 110 Å². The maximum Gasteiger partial charge on any atom is 0.00219 e. The van der Waals surface area contributed by atoms with E-state index in [-0.39, 0.29) is 29.7 Å². The molecule has 2 aliphatic rings. The Morgan fingerprint density at radius 3 is 1.63 bits per heavy atom. The molecule has 0 N–H and O–H groups in total. The molecule has 3 heteroatoms. The van der Waals surface area contributed by atoms with Crippen LogP contribution in [0, 0.1) is 11.8 Å². The summed E-state index contributed by atoms with van der Waals surface area (Å²) in [5.41, 5.74) is 0. The van der Waals surface area contributed by atoms with E-state index in [1.807, 2.05) is 0 Å². The van der Waals surface area contributed by atoms with Gasteiger partial charge in [-0.05, 0) is 64.3 Å². The van der Waals surface area contributed by atoms with Crippen molar-refractivity contribution in [2.24, 2.45) is 11.8 Å². The molecule has 2 heterocycles. The summed E-state index contributed by atoms with van der Waals surface area (Å²) in [5.74, 6) is 2.01. The number of hydrogen-bond acceptors (Lipinski definition) is 3. The number of likely N-dealkylation sites (tertiary alicyclic amines) is 2. The van der Waals surface area contributed by atoms with Gasteiger partial charge < -0.3 is 14.7 Å². The van der Waals surface area contributed by atoms with Crippen LogP contribution in [-0.4, -0.2) is 74.1 Å². The molecule has 0 spiro atoms. The van der Waals surface area contributed by atoms with Gasteiger partial charge in [0.2, 0.25) is 0 Å². The predicted molar refractivity (Wildman–Crippen MR) is 146 cm³/mol. The highest BCUT2D eigenvalue weighted by Gasteiger charge is 2.23. The average Bonchev–Trinajstić information content (AvgIpc) is 2.59. The lowest BCUT2D eigenvalue weighted by molar-refractivity contribution is 0.101. The second kappa shape index (κ2) is 26.9. The third-order valence-corrected chi connectivity index (χ3v) is 5.58. The van der Waals surface area contributed by atoms with Crippen LogP contribution >= 0.6 is 0 Å². The van der Waals surface area contributed by atoms with Crippen LogP contribution in [0.2, 0.25) is 0 Å². The minimum absolute atomic E-state index is 0. The van der Waals surface area contributed by atoms with Crippen LogP contribution < -0.4 is 0 Å². The summed E-state index contributed by atoms with van der Waals surface area (Å²) < 4.78 is 0. The fraction of sp³-hybridized carbons (Fsp3) is 1.00. The SMILES string of the molecule is C.C.C.C.CCCC1CN(CC)C1.CCCCN(C)CC.CCCCN1CC(C)C1. The maximum atomic E-state index is 2.54. The van der Waals surface area contributed by atoms with Gasteiger partial charge in [-0.2, -0.15) is 0 Å². The van der Waals surface area contributed by atoms with E-state index in [0.29, 0.717) is 0 Å². The molecule has 0 amide bonds. The lowest BCUT2D eigenvalue weighted by atomic mass is 9.95. The molecule has 2 aliphatic heterocycles. The maximum absolute atomic E-state index is 2.54. The van der Waals surface area contributed by atoms with Gasteiger partial charge in [-0.3, -0.25) is 0 Å². The molecule has 0 aromatic carbocycles. The van der Waals surface area contributed by atoms with Crippen molar-refractivity contribution in [3.05, 3.63) is 0 Å². The van der Waals surface area contributed by atoms with Crippen molar-refractivity contribution < 1.29 is 0 Å². The van der Waals surface area contributed by atoms with Crippen molar-refractivity contribution in [1.29, 1.82) is 0 Å². The monoisotopic (exact) mass is 434 g/mol. The zero-order valence-corrected chi connectivity index (χ0v) is 19.4. The Hall–Kier alpha value is -0.120. The number of rotatable bonds is 10. The van der Waals surface area contributed by atoms with Gasteiger partial charge in [0.1, 0.15) is 0 Å². The third kappa shape index (κ3) is 21.1. The molecule has 0 radical (unpaired) electrons. The van der Waals surface area contributed by atoms with E-state index in [2.05, 4.69) is 63.3 Å². The molecule has 2 rings (SSSR count). The molecule has 3 nitrogen and oxygen atoms in total. The van der Waals surface area contributed by atoms with Crippen molar-refractivity contribution in [1.82, 2.24) is 14.7 Å². The first kappa shape index (κ1) is 40.3. The zero-order valence-electron chi connectivity index (χ0n) is 19.4. The molecular formula is C27H67N3. The van der Waals surface area contributed by atoms with Crippen LogP contribution in [0.25, 0.3) is 0 Å². The van der Waals surface area contributed by atoms with Crippen LogP contribution in [0.15, 0.2) is 0 Å². The average molecular weight is 434 g/mol. The molecule has 190 valence electrons. The Morgan fingerprint density at radius 2 is 1.27 bits per heavy atom. The van der Waals surface area contributed by atoms with E-state index < -0.39 is 0 Å². The fourth-order valence-corrected chi connectivity index (χ4v) is 3.50. The van der Waals surface area contributed by atoms with Gasteiger partial charge in [0, 0.05) is 26.2 Å². The van der Waals surface area contributed by atoms with Crippen molar-refractivity contribution in [2.45, 2.75) is 110 Å². The van der Waals surface area contributed by atoms with Gasteiger partial charge in [0.25, 0.3) is 0 Å². The van der Waals surface area contributed by atoms with Crippen molar-refractivity contribution in [3.8, 4) is 0 Å². The van der Waals surface area contributed by atoms with Gasteiger partial charge >= 0.3 is 0 Å². The summed E-state index contributed by atoms with van der Waals surface area (Å²) >= 11 is 0. The number of nitrogens with zero attached hydrogens (tertiary/aromatic N) is 3. The third-order valence-electron chi connectivity index (χ3n) is 5.58. The highest BCUT2D eigenvalue weighted by atomic mass is 15.2. The second-order valence-corrected chi connectivity index (χ2v) is 8.47. The molecular weight excluding hydrogens is 366 g/mol. The largest absolute Gasteiger partial charge is 0.307 e. The fourth-order valence-electron chi connectivity index (χ4n) is 3.50. The zero-order chi connectivity index (χ0) is 19.8. The van der Waals surface area contributed by atoms with E-state index in [1.165, 1.54) is 90.9 Å². The number of unbranched alkanes of at least 4 members (excludes halogenated alkanes) is 2. The van der Waals surface area contributed by atoms with E-state index in [1.54, 1.807) is 0 Å². The van der Waals surface area contributed by atoms with E-state index in [9.17, 15) is 0 Å². The van der Waals surface area contributed by atoms with Gasteiger partial charge in [-0.15, -0.1) is 0 Å². The Morgan fingerprint density at radius 1 is 0.733 bits per heavy atom. The Balaban J connectivity index is -0.0000000979. The molecule has 2 fully saturated rings. The Bertz CT molecular complexity index is 280. The van der Waals surface area contributed by atoms with Gasteiger partial charge in [0.05, 0.1) is 0 Å². The molecule has 0 aromatic heterocycles. The minimum Gasteiger partial charge on any atom is -0.307 e. The smallest absolute Gasteiger partial charge is 0.00219 e. The molecule has 2 saturated heterocycles. The van der Waals surface area contributed by atoms with E-state index >= 15 is 0 Å². The standard InChI is InChI=1S/2C8H17N.C7H17N.4CH4/c1-3-4-5-9-6-8(2)7-9;1-3-5-8-6-9(4-2)7-8;1-4-6-7-8(3)5-2;;;;/h2*8H,3-7H2,1-2H3;4-7H2,1-3H3;4*1H4. The van der Waals surface area contributed by atoms with Crippen molar-refractivity contribution in [3.63, 3.8) is 0 Å². The molecule has 0 aliphatic carbocycles. The predicted octanol–water partition coefficient (Wildman–Crippen LogP) is 7.76. The molecule has 0 aromatic rings. The Labute approximate surface area is 196 Å². The van der Waals surface area contributed by atoms with E-state index in [0.717, 1.165) is 11.8 Å². The van der Waals surface area contributed by atoms with Crippen LogP contribution in [-0.2, 0) is 0 Å². The summed E-state index contributed by atoms with van der Waals surface area (Å²) in [6.45, 7) is 23.9. The van der Waals surface area contributed by atoms with Gasteiger partial charge in [-0.25, -0.2) is 0 Å². The molecule has 30 heavy (non-hydrogen) atoms. The molecule has 0 bridgehead atoms. The topological polar surface area (TPSA) is 9.72 Å². The van der Waals surface area contributed by atoms with Gasteiger partial charge in [-0.1, -0.05) is 90.5 Å². The lowest BCUT2D eigenvalue weighted by Gasteiger charge is -2.38. The van der Waals surface area contributed by atoms with Gasteiger partial charge in [0.15, 0.2) is 0 Å². The Kier molecular flexibility index (Phi) is 36.1. The first-order valence-corrected chi connectivity index (χ1v) is 11.6.